The van der Waals surface area contributed by atoms with Crippen LogP contribution in [0.3, 0.4) is 0 Å². The number of hydrogen-bond acceptors (Lipinski definition) is 11. The minimum absolute atomic E-state index is 0.0150. The largest absolute Gasteiger partial charge is 0.507 e. The Labute approximate surface area is 284 Å². The van der Waals surface area contributed by atoms with Crippen molar-refractivity contribution in [2.24, 2.45) is 4.99 Å². The van der Waals surface area contributed by atoms with Crippen LogP contribution in [0.4, 0.5) is 5.69 Å². The third-order valence-electron chi connectivity index (χ3n) is 7.49. The molecule has 1 aliphatic rings. The van der Waals surface area contributed by atoms with Crippen molar-refractivity contribution >= 4 is 65.8 Å². The lowest BCUT2D eigenvalue weighted by atomic mass is 9.99. The van der Waals surface area contributed by atoms with Crippen molar-refractivity contribution in [3.8, 4) is 11.5 Å². The maximum atomic E-state index is 14.0. The number of ether oxygens (including phenoxy) is 2. The number of fused-ring (bicyclic) bond motifs is 1. The van der Waals surface area contributed by atoms with Gasteiger partial charge in [0.25, 0.3) is 11.6 Å². The van der Waals surface area contributed by atoms with Crippen LogP contribution in [0.15, 0.2) is 107 Å². The number of phenols is 1. The van der Waals surface area contributed by atoms with Gasteiger partial charge in [0.2, 0.25) is 8.87 Å². The fraction of sp³-hybridized carbons (Fsp3) is 0.182. The molecule has 248 valence electrons. The lowest BCUT2D eigenvalue weighted by Crippen LogP contribution is -2.68. The number of aliphatic imine (C=N–C) groups is 1. The van der Waals surface area contributed by atoms with Crippen LogP contribution in [0, 0.1) is 10.1 Å². The normalized spacial score (nSPS) is 16.8. The third-order valence-corrected chi connectivity index (χ3v) is 11.6. The number of non-ortho nitro benzene ring substituents is 1. The zero-order valence-electron chi connectivity index (χ0n) is 25.3. The molecule has 48 heavy (non-hydrogen) atoms. The fourth-order valence-corrected chi connectivity index (χ4v) is 8.94. The van der Waals surface area contributed by atoms with Crippen molar-refractivity contribution in [2.45, 2.75) is 29.0 Å². The molecule has 1 N–H and O–H groups in total. The van der Waals surface area contributed by atoms with Crippen molar-refractivity contribution < 1.29 is 37.5 Å². The molecule has 3 atom stereocenters. The summed E-state index contributed by atoms with van der Waals surface area (Å²) in [4.78, 5) is 43.1. The first-order chi connectivity index (χ1) is 22.9. The number of nitro benzene ring substituents is 1. The van der Waals surface area contributed by atoms with E-state index < -0.39 is 43.1 Å². The van der Waals surface area contributed by atoms with Crippen molar-refractivity contribution in [3.63, 3.8) is 0 Å². The molecule has 1 aliphatic heterocycles. The van der Waals surface area contributed by atoms with E-state index in [1.807, 2.05) is 0 Å². The fourth-order valence-electron chi connectivity index (χ4n) is 5.00. The maximum absolute atomic E-state index is 14.0. The van der Waals surface area contributed by atoms with Gasteiger partial charge >= 0.3 is 5.97 Å². The Balaban J connectivity index is 1.50. The molecule has 0 aromatic heterocycles. The summed E-state index contributed by atoms with van der Waals surface area (Å²) in [7, 11) is -2.30. The highest BCUT2D eigenvalue weighted by Gasteiger charge is 2.55. The van der Waals surface area contributed by atoms with Gasteiger partial charge in [-0.15, -0.1) is 11.6 Å². The number of carbonyl (C=O) groups excluding carboxylic acids is 2. The van der Waals surface area contributed by atoms with E-state index in [0.29, 0.717) is 32.9 Å². The van der Waals surface area contributed by atoms with Gasteiger partial charge in [0.15, 0.2) is 12.1 Å². The molecule has 15 heteroatoms. The molecule has 0 spiro atoms. The number of methoxy groups -OCH3 is 1. The van der Waals surface area contributed by atoms with Gasteiger partial charge in [0.1, 0.15) is 23.5 Å². The summed E-state index contributed by atoms with van der Waals surface area (Å²) in [6.45, 7) is 3.69. The predicted octanol–water partition coefficient (Wildman–Crippen LogP) is 5.45. The first-order valence-corrected chi connectivity index (χ1v) is 17.6. The molecule has 3 unspecified atom stereocenters. The van der Waals surface area contributed by atoms with Crippen LogP contribution in [0.1, 0.15) is 11.1 Å². The number of benzene rings is 4. The highest BCUT2D eigenvalue weighted by molar-refractivity contribution is 8.72. The topological polar surface area (TPSA) is 166 Å². The van der Waals surface area contributed by atoms with E-state index in [-0.39, 0.29) is 40.0 Å². The maximum Gasteiger partial charge on any atom is 0.333 e. The van der Waals surface area contributed by atoms with Crippen molar-refractivity contribution in [3.05, 3.63) is 118 Å². The number of β-lactam (4-membered cyclic amide) rings is 1. The molecular weight excluding hydrogens is 682 g/mol. The summed E-state index contributed by atoms with van der Waals surface area (Å²) in [6, 6.07) is 18.8. The number of likely N-dealkylation sites (tertiary alicyclic amines) is 1. The Kier molecular flexibility index (Phi) is 10.4. The van der Waals surface area contributed by atoms with Crippen LogP contribution in [0.2, 0.25) is 0 Å². The number of esters is 1. The molecular formula is C33H28ClN3O9S2. The van der Waals surface area contributed by atoms with Crippen LogP contribution in [0.5, 0.6) is 11.5 Å². The Morgan fingerprint density at radius 3 is 2.54 bits per heavy atom. The molecule has 12 nitrogen and oxygen atoms in total. The van der Waals surface area contributed by atoms with Crippen molar-refractivity contribution in [1.29, 1.82) is 0 Å². The lowest BCUT2D eigenvalue weighted by Gasteiger charge is -2.47. The smallest absolute Gasteiger partial charge is 0.333 e. The number of alkyl halides is 1. The van der Waals surface area contributed by atoms with Gasteiger partial charge in [-0.2, -0.15) is 0 Å². The molecule has 1 fully saturated rings. The second-order valence-electron chi connectivity index (χ2n) is 10.5. The average molecular weight is 710 g/mol. The minimum atomic E-state index is -4.22. The first kappa shape index (κ1) is 34.4. The van der Waals surface area contributed by atoms with E-state index in [4.69, 9.17) is 21.1 Å². The Bertz CT molecular complexity index is 2030. The molecule has 0 saturated carbocycles. The van der Waals surface area contributed by atoms with Crippen molar-refractivity contribution in [1.82, 2.24) is 4.90 Å². The van der Waals surface area contributed by atoms with Gasteiger partial charge in [-0.1, -0.05) is 55.1 Å². The molecule has 4 aromatic rings. The minimum Gasteiger partial charge on any atom is -0.507 e. The summed E-state index contributed by atoms with van der Waals surface area (Å²) in [6.07, 6.45) is 1.05. The van der Waals surface area contributed by atoms with Crippen LogP contribution < -0.4 is 4.74 Å². The summed E-state index contributed by atoms with van der Waals surface area (Å²) in [5.41, 5.74) is 0.296. The number of rotatable bonds is 13. The average Bonchev–Trinajstić information content (AvgIpc) is 3.09. The predicted molar refractivity (Wildman–Crippen MR) is 182 cm³/mol. The first-order valence-electron chi connectivity index (χ1n) is 14.2. The van der Waals surface area contributed by atoms with E-state index in [9.17, 15) is 33.2 Å². The standard InChI is InChI=1S/C33H28ClN3O9S2/c1-20(17-34)30(33(40)46-19-21-10-13-25(45-2)14-11-21)36-31(39)29(35-18-23-16-24(37(41)42)12-15-27(23)38)32(36)47-48(43,44)28-9-5-7-22-6-3-4-8-26(22)28/h3-16,18,29-30,32,38H,1,17,19H2,2H3. The summed E-state index contributed by atoms with van der Waals surface area (Å²) in [5.74, 6) is -1.65. The van der Waals surface area contributed by atoms with E-state index in [0.717, 1.165) is 29.3 Å². The van der Waals surface area contributed by atoms with E-state index in [1.54, 1.807) is 60.7 Å². The van der Waals surface area contributed by atoms with Crippen LogP contribution >= 0.6 is 22.4 Å². The Morgan fingerprint density at radius 1 is 1.15 bits per heavy atom. The van der Waals surface area contributed by atoms with Gasteiger partial charge in [0.05, 0.1) is 16.9 Å². The number of phenolic OH excluding ortho intramolecular Hbond substituents is 1. The Hall–Kier alpha value is -4.92. The molecule has 4 aromatic carbocycles. The van der Waals surface area contributed by atoms with E-state index >= 15 is 0 Å². The second kappa shape index (κ2) is 14.5. The number of aromatic hydroxyl groups is 1. The molecule has 5 rings (SSSR count). The highest BCUT2D eigenvalue weighted by Crippen LogP contribution is 2.42. The van der Waals surface area contributed by atoms with Gasteiger partial charge in [-0.05, 0) is 40.8 Å². The van der Waals surface area contributed by atoms with Crippen LogP contribution in [-0.4, -0.2) is 71.9 Å². The molecule has 0 radical (unpaired) electrons. The van der Waals surface area contributed by atoms with Gasteiger partial charge in [-0.3, -0.25) is 19.9 Å². The number of halogens is 1. The quantitative estimate of drug-likeness (QED) is 0.0276. The molecule has 0 bridgehead atoms. The SMILES string of the molecule is C=C(CCl)C(C(=O)OCc1ccc(OC)cc1)N1C(=O)C(N=Cc2cc([N+](=O)[O-])ccc2O)C1SS(=O)(=O)c1cccc2ccccc12. The third kappa shape index (κ3) is 7.15. The number of nitro groups is 1. The number of nitrogens with zero attached hydrogens (tertiary/aromatic N) is 3. The van der Waals surface area contributed by atoms with Gasteiger partial charge in [0, 0.05) is 46.0 Å². The molecule has 0 aliphatic carbocycles. The monoisotopic (exact) mass is 709 g/mol. The number of amides is 1. The number of hydrogen-bond donors (Lipinski definition) is 1. The van der Waals surface area contributed by atoms with Crippen LogP contribution in [0.25, 0.3) is 10.8 Å². The van der Waals surface area contributed by atoms with E-state index in [1.165, 1.54) is 13.2 Å². The molecule has 1 heterocycles. The zero-order chi connectivity index (χ0) is 34.6. The summed E-state index contributed by atoms with van der Waals surface area (Å²) >= 11 is 6.09. The van der Waals surface area contributed by atoms with E-state index in [2.05, 4.69) is 11.6 Å². The summed E-state index contributed by atoms with van der Waals surface area (Å²) in [5, 5.41) is 21.4. The molecule has 1 saturated heterocycles. The van der Waals surface area contributed by atoms with Gasteiger partial charge in [-0.25, -0.2) is 13.2 Å². The summed E-state index contributed by atoms with van der Waals surface area (Å²) < 4.78 is 38.6. The zero-order valence-corrected chi connectivity index (χ0v) is 27.7. The second-order valence-corrected chi connectivity index (χ2v) is 14.7. The van der Waals surface area contributed by atoms with Gasteiger partial charge < -0.3 is 19.5 Å². The lowest BCUT2D eigenvalue weighted by molar-refractivity contribution is -0.384. The molecule has 1 amide bonds. The van der Waals surface area contributed by atoms with Crippen molar-refractivity contribution in [2.75, 3.05) is 13.0 Å². The Morgan fingerprint density at radius 2 is 1.85 bits per heavy atom. The number of carbonyl (C=O) groups is 2. The van der Waals surface area contributed by atoms with Crippen LogP contribution in [-0.2, 0) is 29.8 Å². The highest BCUT2D eigenvalue weighted by atomic mass is 35.5.